The van der Waals surface area contributed by atoms with Gasteiger partial charge in [0.15, 0.2) is 0 Å². The van der Waals surface area contributed by atoms with Crippen molar-refractivity contribution in [2.45, 2.75) is 32.4 Å². The first-order valence-electron chi connectivity index (χ1n) is 8.43. The number of primary amides is 1. The molecule has 2 fully saturated rings. The van der Waals surface area contributed by atoms with E-state index in [1.165, 1.54) is 16.7 Å². The zero-order chi connectivity index (χ0) is 16.4. The fourth-order valence-corrected chi connectivity index (χ4v) is 3.71. The molecule has 23 heavy (non-hydrogen) atoms. The topological polar surface area (TPSA) is 58.8 Å². The number of piperazine rings is 1. The minimum Gasteiger partial charge on any atom is -0.379 e. The van der Waals surface area contributed by atoms with E-state index in [1.807, 2.05) is 0 Å². The summed E-state index contributed by atoms with van der Waals surface area (Å²) in [7, 11) is 0. The Morgan fingerprint density at radius 2 is 2.00 bits per heavy atom. The Labute approximate surface area is 138 Å². The molecule has 2 N–H and O–H groups in total. The molecule has 2 saturated heterocycles. The molecular formula is C18H27N3O2. The third kappa shape index (κ3) is 3.13. The Morgan fingerprint density at radius 1 is 1.26 bits per heavy atom. The Hall–Kier alpha value is -1.43. The number of carbonyl (C=O) groups is 1. The SMILES string of the molecule is Cc1cccc(CN2CCN(C3(C(N)=O)CCOC3)CC2)c1C. The minimum absolute atomic E-state index is 0.238. The van der Waals surface area contributed by atoms with Crippen molar-refractivity contribution >= 4 is 5.91 Å². The van der Waals surface area contributed by atoms with Crippen LogP contribution in [-0.4, -0.2) is 60.6 Å². The van der Waals surface area contributed by atoms with Crippen molar-refractivity contribution in [3.63, 3.8) is 0 Å². The number of nitrogens with two attached hydrogens (primary N) is 1. The molecule has 0 bridgehead atoms. The summed E-state index contributed by atoms with van der Waals surface area (Å²) in [6, 6.07) is 6.50. The summed E-state index contributed by atoms with van der Waals surface area (Å²) >= 11 is 0. The summed E-state index contributed by atoms with van der Waals surface area (Å²) in [5, 5.41) is 0. The van der Waals surface area contributed by atoms with Gasteiger partial charge in [-0.3, -0.25) is 14.6 Å². The van der Waals surface area contributed by atoms with Crippen molar-refractivity contribution in [2.75, 3.05) is 39.4 Å². The van der Waals surface area contributed by atoms with Crippen molar-refractivity contribution in [3.8, 4) is 0 Å². The first-order valence-corrected chi connectivity index (χ1v) is 8.43. The van der Waals surface area contributed by atoms with E-state index in [4.69, 9.17) is 10.5 Å². The molecule has 0 saturated carbocycles. The lowest BCUT2D eigenvalue weighted by molar-refractivity contribution is -0.132. The Kier molecular flexibility index (Phi) is 4.71. The first-order chi connectivity index (χ1) is 11.0. The first kappa shape index (κ1) is 16.4. The van der Waals surface area contributed by atoms with Gasteiger partial charge in [0.1, 0.15) is 5.54 Å². The van der Waals surface area contributed by atoms with Gasteiger partial charge < -0.3 is 10.5 Å². The Balaban J connectivity index is 1.62. The van der Waals surface area contributed by atoms with Crippen LogP contribution in [0.1, 0.15) is 23.1 Å². The average molecular weight is 317 g/mol. The second-order valence-electron chi connectivity index (χ2n) is 6.82. The molecule has 5 heteroatoms. The van der Waals surface area contributed by atoms with Gasteiger partial charge in [0.2, 0.25) is 5.91 Å². The molecule has 0 aromatic heterocycles. The molecule has 1 aromatic carbocycles. The van der Waals surface area contributed by atoms with Crippen molar-refractivity contribution in [1.82, 2.24) is 9.80 Å². The monoisotopic (exact) mass is 317 g/mol. The maximum absolute atomic E-state index is 12.0. The van der Waals surface area contributed by atoms with Gasteiger partial charge in [-0.05, 0) is 30.5 Å². The van der Waals surface area contributed by atoms with E-state index in [1.54, 1.807) is 0 Å². The maximum Gasteiger partial charge on any atom is 0.240 e. The predicted molar refractivity (Wildman–Crippen MR) is 90.1 cm³/mol. The van der Waals surface area contributed by atoms with Crippen molar-refractivity contribution < 1.29 is 9.53 Å². The number of aryl methyl sites for hydroxylation is 1. The number of hydrogen-bond acceptors (Lipinski definition) is 4. The van der Waals surface area contributed by atoms with E-state index >= 15 is 0 Å². The molecule has 3 rings (SSSR count). The molecule has 1 aromatic rings. The number of nitrogens with zero attached hydrogens (tertiary/aromatic N) is 2. The van der Waals surface area contributed by atoms with Crippen molar-refractivity contribution in [3.05, 3.63) is 34.9 Å². The highest BCUT2D eigenvalue weighted by Crippen LogP contribution is 2.27. The van der Waals surface area contributed by atoms with E-state index in [0.717, 1.165) is 39.1 Å². The van der Waals surface area contributed by atoms with Crippen LogP contribution in [0.3, 0.4) is 0 Å². The summed E-state index contributed by atoms with van der Waals surface area (Å²) in [4.78, 5) is 16.7. The number of benzene rings is 1. The fourth-order valence-electron chi connectivity index (χ4n) is 3.71. The van der Waals surface area contributed by atoms with Crippen LogP contribution >= 0.6 is 0 Å². The normalized spacial score (nSPS) is 26.5. The van der Waals surface area contributed by atoms with Gasteiger partial charge in [-0.15, -0.1) is 0 Å². The molecule has 0 spiro atoms. The summed E-state index contributed by atoms with van der Waals surface area (Å²) in [6.45, 7) is 10.1. The summed E-state index contributed by atoms with van der Waals surface area (Å²) in [5.41, 5.74) is 9.23. The third-order valence-corrected chi connectivity index (χ3v) is 5.55. The predicted octanol–water partition coefficient (Wildman–Crippen LogP) is 1.07. The summed E-state index contributed by atoms with van der Waals surface area (Å²) in [5.74, 6) is -0.238. The maximum atomic E-state index is 12.0. The standard InChI is InChI=1S/C18H27N3O2/c1-14-4-3-5-16(15(14)2)12-20-7-9-21(10-8-20)18(17(19)22)6-11-23-13-18/h3-5H,6-13H2,1-2H3,(H2,19,22). The van der Waals surface area contributed by atoms with Gasteiger partial charge in [0, 0.05) is 45.8 Å². The summed E-state index contributed by atoms with van der Waals surface area (Å²) in [6.07, 6.45) is 0.722. The Morgan fingerprint density at radius 3 is 2.61 bits per heavy atom. The van der Waals surface area contributed by atoms with Crippen LogP contribution in [-0.2, 0) is 16.1 Å². The van der Waals surface area contributed by atoms with Gasteiger partial charge in [0.25, 0.3) is 0 Å². The lowest BCUT2D eigenvalue weighted by atomic mass is 9.94. The van der Waals surface area contributed by atoms with E-state index in [-0.39, 0.29) is 5.91 Å². The van der Waals surface area contributed by atoms with Gasteiger partial charge in [-0.1, -0.05) is 18.2 Å². The number of hydrogen-bond donors (Lipinski definition) is 1. The quantitative estimate of drug-likeness (QED) is 0.902. The molecule has 5 nitrogen and oxygen atoms in total. The van der Waals surface area contributed by atoms with Crippen LogP contribution in [0.15, 0.2) is 18.2 Å². The zero-order valence-electron chi connectivity index (χ0n) is 14.2. The number of amides is 1. The molecule has 0 radical (unpaired) electrons. The summed E-state index contributed by atoms with van der Waals surface area (Å²) < 4.78 is 5.47. The van der Waals surface area contributed by atoms with Gasteiger partial charge in [-0.25, -0.2) is 0 Å². The molecule has 1 unspecified atom stereocenters. The van der Waals surface area contributed by atoms with Gasteiger partial charge in [-0.2, -0.15) is 0 Å². The van der Waals surface area contributed by atoms with E-state index < -0.39 is 5.54 Å². The van der Waals surface area contributed by atoms with Gasteiger partial charge in [0.05, 0.1) is 6.61 Å². The van der Waals surface area contributed by atoms with Crippen LogP contribution in [0.5, 0.6) is 0 Å². The van der Waals surface area contributed by atoms with Crippen molar-refractivity contribution in [2.24, 2.45) is 5.73 Å². The molecule has 126 valence electrons. The third-order valence-electron chi connectivity index (χ3n) is 5.55. The number of carbonyl (C=O) groups excluding carboxylic acids is 1. The highest BCUT2D eigenvalue weighted by molar-refractivity contribution is 5.85. The molecule has 2 aliphatic rings. The number of ether oxygens (including phenoxy) is 1. The second-order valence-corrected chi connectivity index (χ2v) is 6.82. The largest absolute Gasteiger partial charge is 0.379 e. The zero-order valence-corrected chi connectivity index (χ0v) is 14.2. The smallest absolute Gasteiger partial charge is 0.240 e. The average Bonchev–Trinajstić information content (AvgIpc) is 3.04. The Bertz CT molecular complexity index is 574. The minimum atomic E-state index is -0.578. The van der Waals surface area contributed by atoms with E-state index in [9.17, 15) is 4.79 Å². The van der Waals surface area contributed by atoms with Crippen molar-refractivity contribution in [1.29, 1.82) is 0 Å². The lowest BCUT2D eigenvalue weighted by Gasteiger charge is -2.43. The molecule has 2 heterocycles. The second kappa shape index (κ2) is 6.59. The molecule has 1 amide bonds. The molecule has 2 aliphatic heterocycles. The highest BCUT2D eigenvalue weighted by Gasteiger charge is 2.46. The van der Waals surface area contributed by atoms with Crippen LogP contribution in [0, 0.1) is 13.8 Å². The van der Waals surface area contributed by atoms with Crippen LogP contribution in [0.4, 0.5) is 0 Å². The molecule has 1 atom stereocenters. The fraction of sp³-hybridized carbons (Fsp3) is 0.611. The molecule has 0 aliphatic carbocycles. The lowest BCUT2D eigenvalue weighted by Crippen LogP contribution is -2.63. The molecular weight excluding hydrogens is 290 g/mol. The van der Waals surface area contributed by atoms with Crippen LogP contribution < -0.4 is 5.73 Å². The van der Waals surface area contributed by atoms with Crippen LogP contribution in [0.25, 0.3) is 0 Å². The van der Waals surface area contributed by atoms with Crippen LogP contribution in [0.2, 0.25) is 0 Å². The highest BCUT2D eigenvalue weighted by atomic mass is 16.5. The van der Waals surface area contributed by atoms with E-state index in [0.29, 0.717) is 13.2 Å². The van der Waals surface area contributed by atoms with Gasteiger partial charge >= 0.3 is 0 Å². The number of rotatable bonds is 4. The van der Waals surface area contributed by atoms with E-state index in [2.05, 4.69) is 41.8 Å².